The number of phenols is 1. The van der Waals surface area contributed by atoms with Crippen molar-refractivity contribution in [1.29, 1.82) is 0 Å². The second-order valence-corrected chi connectivity index (χ2v) is 6.66. The van der Waals surface area contributed by atoms with E-state index in [0.29, 0.717) is 6.54 Å². The van der Waals surface area contributed by atoms with Crippen molar-refractivity contribution in [2.45, 2.75) is 6.54 Å². The fraction of sp³-hybridized carbons (Fsp3) is 0.136. The smallest absolute Gasteiger partial charge is 0.168 e. The Morgan fingerprint density at radius 1 is 0.963 bits per heavy atom. The van der Waals surface area contributed by atoms with Crippen LogP contribution in [0.1, 0.15) is 5.56 Å². The molecule has 0 saturated heterocycles. The zero-order chi connectivity index (χ0) is 19.1. The highest BCUT2D eigenvalue weighted by Gasteiger charge is 2.15. The first kappa shape index (κ1) is 18.9. The molecule has 0 heterocycles. The van der Waals surface area contributed by atoms with E-state index in [2.05, 4.69) is 4.90 Å². The van der Waals surface area contributed by atoms with E-state index in [1.54, 1.807) is 31.0 Å². The minimum atomic E-state index is 0.262. The van der Waals surface area contributed by atoms with Crippen molar-refractivity contribution in [3.05, 3.63) is 84.4 Å². The van der Waals surface area contributed by atoms with Gasteiger partial charge in [0.1, 0.15) is 11.5 Å². The summed E-state index contributed by atoms with van der Waals surface area (Å²) in [5.74, 6) is 1.08. The van der Waals surface area contributed by atoms with Crippen molar-refractivity contribution in [2.75, 3.05) is 18.3 Å². The monoisotopic (exact) mass is 378 g/mol. The Kier molecular flexibility index (Phi) is 6.39. The summed E-state index contributed by atoms with van der Waals surface area (Å²) in [6.07, 6.45) is 2.02. The molecule has 5 heteroatoms. The summed E-state index contributed by atoms with van der Waals surface area (Å²) in [7, 11) is 1.66. The van der Waals surface area contributed by atoms with Crippen LogP contribution in [0.25, 0.3) is 0 Å². The molecule has 4 nitrogen and oxygen atoms in total. The molecule has 0 amide bonds. The number of para-hydroxylation sites is 1. The molecule has 0 spiro atoms. The van der Waals surface area contributed by atoms with Gasteiger partial charge in [0.2, 0.25) is 0 Å². The molecule has 0 aromatic heterocycles. The van der Waals surface area contributed by atoms with Crippen LogP contribution in [-0.4, -0.2) is 23.6 Å². The lowest BCUT2D eigenvalue weighted by Crippen LogP contribution is -2.27. The number of hydrogen-bond acceptors (Lipinski definition) is 4. The van der Waals surface area contributed by atoms with Crippen molar-refractivity contribution in [2.24, 2.45) is 4.99 Å². The standard InChI is InChI=1S/C22H22N2O2S/c1-26-21-14-10-19(11-15-21)24(16-17-8-12-20(25)13-9-17)22(27-2)23-18-6-4-3-5-7-18/h3-15,25H,16H2,1-2H3. The number of nitrogens with zero attached hydrogens (tertiary/aromatic N) is 2. The maximum Gasteiger partial charge on any atom is 0.168 e. The molecule has 3 aromatic carbocycles. The minimum absolute atomic E-state index is 0.262. The average Bonchev–Trinajstić information content (AvgIpc) is 2.73. The summed E-state index contributed by atoms with van der Waals surface area (Å²) in [5.41, 5.74) is 3.01. The van der Waals surface area contributed by atoms with Crippen LogP contribution < -0.4 is 9.64 Å². The fourth-order valence-electron chi connectivity index (χ4n) is 2.64. The van der Waals surface area contributed by atoms with Gasteiger partial charge in [-0.05, 0) is 60.4 Å². The van der Waals surface area contributed by atoms with Gasteiger partial charge in [0.25, 0.3) is 0 Å². The molecule has 0 unspecified atom stereocenters. The Morgan fingerprint density at radius 3 is 2.22 bits per heavy atom. The van der Waals surface area contributed by atoms with Gasteiger partial charge in [-0.25, -0.2) is 4.99 Å². The van der Waals surface area contributed by atoms with Gasteiger partial charge >= 0.3 is 0 Å². The molecule has 0 atom stereocenters. The summed E-state index contributed by atoms with van der Waals surface area (Å²) >= 11 is 1.60. The lowest BCUT2D eigenvalue weighted by molar-refractivity contribution is 0.415. The van der Waals surface area contributed by atoms with E-state index >= 15 is 0 Å². The third kappa shape index (κ3) is 5.05. The van der Waals surface area contributed by atoms with Gasteiger partial charge in [-0.1, -0.05) is 42.1 Å². The van der Waals surface area contributed by atoms with Crippen molar-refractivity contribution in [3.8, 4) is 11.5 Å². The maximum absolute atomic E-state index is 9.56. The number of anilines is 1. The number of aromatic hydroxyl groups is 1. The molecule has 27 heavy (non-hydrogen) atoms. The second-order valence-electron chi connectivity index (χ2n) is 5.88. The van der Waals surface area contributed by atoms with E-state index in [4.69, 9.17) is 9.73 Å². The van der Waals surface area contributed by atoms with E-state index in [1.807, 2.05) is 73.0 Å². The second kappa shape index (κ2) is 9.14. The van der Waals surface area contributed by atoms with E-state index in [0.717, 1.165) is 27.9 Å². The van der Waals surface area contributed by atoms with Gasteiger partial charge in [-0.15, -0.1) is 0 Å². The topological polar surface area (TPSA) is 45.1 Å². The molecule has 0 aliphatic heterocycles. The number of methoxy groups -OCH3 is 1. The van der Waals surface area contributed by atoms with E-state index in [9.17, 15) is 5.11 Å². The first-order valence-electron chi connectivity index (χ1n) is 8.57. The SMILES string of the molecule is COc1ccc(N(Cc2ccc(O)cc2)C(=Nc2ccccc2)SC)cc1. The van der Waals surface area contributed by atoms with Gasteiger partial charge in [0.05, 0.1) is 19.3 Å². The Balaban J connectivity index is 1.98. The van der Waals surface area contributed by atoms with Gasteiger partial charge in [-0.3, -0.25) is 0 Å². The number of ether oxygens (including phenoxy) is 1. The van der Waals surface area contributed by atoms with Gasteiger partial charge in [0.15, 0.2) is 5.17 Å². The zero-order valence-electron chi connectivity index (χ0n) is 15.4. The first-order chi connectivity index (χ1) is 13.2. The summed E-state index contributed by atoms with van der Waals surface area (Å²) in [6, 6.07) is 25.1. The molecule has 0 bridgehead atoms. The molecule has 0 aliphatic carbocycles. The number of benzene rings is 3. The quantitative estimate of drug-likeness (QED) is 0.473. The molecule has 0 fully saturated rings. The lowest BCUT2D eigenvalue weighted by Gasteiger charge is -2.25. The van der Waals surface area contributed by atoms with Gasteiger partial charge < -0.3 is 14.7 Å². The number of hydrogen-bond donors (Lipinski definition) is 1. The molecular weight excluding hydrogens is 356 g/mol. The van der Waals surface area contributed by atoms with Crippen molar-refractivity contribution >= 4 is 28.3 Å². The molecule has 3 aromatic rings. The average molecular weight is 378 g/mol. The Hall–Kier alpha value is -2.92. The molecule has 138 valence electrons. The predicted octanol–water partition coefficient (Wildman–Crippen LogP) is 5.46. The van der Waals surface area contributed by atoms with Crippen molar-refractivity contribution in [1.82, 2.24) is 0 Å². The van der Waals surface area contributed by atoms with Crippen LogP contribution in [0.5, 0.6) is 11.5 Å². The number of amidine groups is 1. The molecule has 1 N–H and O–H groups in total. The van der Waals surface area contributed by atoms with Gasteiger partial charge in [-0.2, -0.15) is 0 Å². The lowest BCUT2D eigenvalue weighted by atomic mass is 10.2. The highest BCUT2D eigenvalue weighted by atomic mass is 32.2. The van der Waals surface area contributed by atoms with Crippen molar-refractivity contribution < 1.29 is 9.84 Å². The molecule has 3 rings (SSSR count). The van der Waals surface area contributed by atoms with E-state index in [-0.39, 0.29) is 5.75 Å². The Morgan fingerprint density at radius 2 is 1.63 bits per heavy atom. The summed E-state index contributed by atoms with van der Waals surface area (Å²) in [6.45, 7) is 0.638. The number of rotatable bonds is 5. The Bertz CT molecular complexity index is 878. The predicted molar refractivity (Wildman–Crippen MR) is 114 cm³/mol. The maximum atomic E-state index is 9.56. The van der Waals surface area contributed by atoms with Crippen LogP contribution in [-0.2, 0) is 6.54 Å². The van der Waals surface area contributed by atoms with Crippen LogP contribution in [0, 0.1) is 0 Å². The molecular formula is C22H22N2O2S. The van der Waals surface area contributed by atoms with Crippen LogP contribution in [0.2, 0.25) is 0 Å². The summed E-state index contributed by atoms with van der Waals surface area (Å²) in [5, 5.41) is 10.4. The Labute approximate surface area is 164 Å². The third-order valence-corrected chi connectivity index (χ3v) is 4.73. The number of thioether (sulfide) groups is 1. The first-order valence-corrected chi connectivity index (χ1v) is 9.79. The molecule has 0 aliphatic rings. The minimum Gasteiger partial charge on any atom is -0.508 e. The van der Waals surface area contributed by atoms with Crippen LogP contribution in [0.3, 0.4) is 0 Å². The molecule has 0 radical (unpaired) electrons. The summed E-state index contributed by atoms with van der Waals surface area (Å²) in [4.78, 5) is 6.99. The van der Waals surface area contributed by atoms with Gasteiger partial charge in [0, 0.05) is 5.69 Å². The zero-order valence-corrected chi connectivity index (χ0v) is 16.2. The number of phenolic OH excluding ortho intramolecular Hbond substituents is 1. The largest absolute Gasteiger partial charge is 0.508 e. The van der Waals surface area contributed by atoms with Crippen LogP contribution >= 0.6 is 11.8 Å². The molecule has 0 saturated carbocycles. The van der Waals surface area contributed by atoms with E-state index < -0.39 is 0 Å². The highest BCUT2D eigenvalue weighted by molar-refractivity contribution is 8.13. The third-order valence-electron chi connectivity index (χ3n) is 4.06. The fourth-order valence-corrected chi connectivity index (χ4v) is 3.23. The summed E-state index contributed by atoms with van der Waals surface area (Å²) < 4.78 is 5.28. The highest BCUT2D eigenvalue weighted by Crippen LogP contribution is 2.26. The van der Waals surface area contributed by atoms with Crippen LogP contribution in [0.15, 0.2) is 83.9 Å². The normalized spacial score (nSPS) is 11.3. The van der Waals surface area contributed by atoms with Crippen molar-refractivity contribution in [3.63, 3.8) is 0 Å². The van der Waals surface area contributed by atoms with Crippen LogP contribution in [0.4, 0.5) is 11.4 Å². The van der Waals surface area contributed by atoms with E-state index in [1.165, 1.54) is 0 Å². The number of aliphatic imine (C=N–C) groups is 1.